The Balaban J connectivity index is 1.83. The van der Waals surface area contributed by atoms with E-state index in [9.17, 15) is 4.79 Å². The molecule has 0 radical (unpaired) electrons. The smallest absolute Gasteiger partial charge is 0.227 e. The van der Waals surface area contributed by atoms with Crippen molar-refractivity contribution >= 4 is 5.91 Å². The van der Waals surface area contributed by atoms with E-state index < -0.39 is 0 Å². The zero-order chi connectivity index (χ0) is 10.9. The third kappa shape index (κ3) is 2.33. The molecule has 2 rings (SSSR count). The molecule has 3 heteroatoms. The normalized spacial score (nSPS) is 40.7. The van der Waals surface area contributed by atoms with Crippen molar-refractivity contribution in [3.63, 3.8) is 0 Å². The first-order valence-corrected chi connectivity index (χ1v) is 6.12. The van der Waals surface area contributed by atoms with Gasteiger partial charge in [-0.2, -0.15) is 0 Å². The van der Waals surface area contributed by atoms with E-state index >= 15 is 0 Å². The van der Waals surface area contributed by atoms with Crippen LogP contribution in [-0.2, 0) is 4.79 Å². The maximum absolute atomic E-state index is 12.1. The van der Waals surface area contributed by atoms with Crippen molar-refractivity contribution in [3.05, 3.63) is 0 Å². The Labute approximate surface area is 92.0 Å². The maximum atomic E-state index is 12.1. The van der Waals surface area contributed by atoms with Gasteiger partial charge >= 0.3 is 0 Å². The highest BCUT2D eigenvalue weighted by Crippen LogP contribution is 2.30. The number of nitrogens with one attached hydrogen (secondary N) is 2. The summed E-state index contributed by atoms with van der Waals surface area (Å²) in [5.74, 6) is 1.05. The van der Waals surface area contributed by atoms with Gasteiger partial charge in [-0.25, -0.2) is 0 Å². The van der Waals surface area contributed by atoms with Crippen LogP contribution in [0.5, 0.6) is 0 Å². The van der Waals surface area contributed by atoms with Gasteiger partial charge in [0, 0.05) is 12.6 Å². The third-order valence-electron chi connectivity index (χ3n) is 3.85. The average Bonchev–Trinajstić information content (AvgIpc) is 2.16. The van der Waals surface area contributed by atoms with Gasteiger partial charge in [-0.1, -0.05) is 6.92 Å². The predicted molar refractivity (Wildman–Crippen MR) is 60.5 cm³/mol. The van der Waals surface area contributed by atoms with Crippen LogP contribution in [0.15, 0.2) is 0 Å². The first-order valence-electron chi connectivity index (χ1n) is 6.12. The fourth-order valence-corrected chi connectivity index (χ4v) is 2.63. The molecule has 1 saturated heterocycles. The number of rotatable bonds is 2. The summed E-state index contributed by atoms with van der Waals surface area (Å²) < 4.78 is 0. The highest BCUT2D eigenvalue weighted by atomic mass is 16.2. The molecule has 0 spiro atoms. The van der Waals surface area contributed by atoms with Crippen molar-refractivity contribution in [2.24, 2.45) is 11.3 Å². The molecule has 0 aromatic rings. The highest BCUT2D eigenvalue weighted by molar-refractivity contribution is 5.83. The molecular formula is C12H22N2O. The van der Waals surface area contributed by atoms with Crippen molar-refractivity contribution < 1.29 is 4.79 Å². The molecule has 1 amide bonds. The molecule has 1 unspecified atom stereocenters. The molecule has 0 aromatic carbocycles. The van der Waals surface area contributed by atoms with Crippen LogP contribution in [0.3, 0.4) is 0 Å². The first-order chi connectivity index (χ1) is 7.10. The SMILES string of the molecule is CC1CC(NC(=O)C2(C)CCCNC2)C1. The van der Waals surface area contributed by atoms with Gasteiger partial charge in [-0.15, -0.1) is 0 Å². The lowest BCUT2D eigenvalue weighted by atomic mass is 9.78. The summed E-state index contributed by atoms with van der Waals surface area (Å²) in [6.07, 6.45) is 4.46. The number of hydrogen-bond donors (Lipinski definition) is 2. The van der Waals surface area contributed by atoms with Crippen LogP contribution in [0, 0.1) is 11.3 Å². The quantitative estimate of drug-likeness (QED) is 0.721. The Kier molecular flexibility index (Phi) is 3.01. The van der Waals surface area contributed by atoms with Crippen LogP contribution >= 0.6 is 0 Å². The molecule has 1 heterocycles. The van der Waals surface area contributed by atoms with Crippen LogP contribution in [0.25, 0.3) is 0 Å². The molecule has 0 aromatic heterocycles. The Morgan fingerprint density at radius 2 is 2.20 bits per heavy atom. The molecule has 1 atom stereocenters. The molecule has 1 saturated carbocycles. The third-order valence-corrected chi connectivity index (χ3v) is 3.85. The second-order valence-electron chi connectivity index (χ2n) is 5.59. The molecule has 2 aliphatic rings. The van der Waals surface area contributed by atoms with Crippen LogP contribution in [-0.4, -0.2) is 25.0 Å². The van der Waals surface area contributed by atoms with Crippen molar-refractivity contribution in [1.29, 1.82) is 0 Å². The minimum Gasteiger partial charge on any atom is -0.353 e. The Morgan fingerprint density at radius 1 is 1.47 bits per heavy atom. The van der Waals surface area contributed by atoms with E-state index in [1.807, 2.05) is 0 Å². The van der Waals surface area contributed by atoms with E-state index in [4.69, 9.17) is 0 Å². The van der Waals surface area contributed by atoms with E-state index in [-0.39, 0.29) is 11.3 Å². The molecule has 86 valence electrons. The van der Waals surface area contributed by atoms with Gasteiger partial charge in [0.05, 0.1) is 5.41 Å². The zero-order valence-electron chi connectivity index (χ0n) is 9.81. The van der Waals surface area contributed by atoms with Gasteiger partial charge in [-0.05, 0) is 45.1 Å². The van der Waals surface area contributed by atoms with Crippen LogP contribution < -0.4 is 10.6 Å². The second kappa shape index (κ2) is 4.12. The lowest BCUT2D eigenvalue weighted by Gasteiger charge is -2.38. The number of hydrogen-bond acceptors (Lipinski definition) is 2. The van der Waals surface area contributed by atoms with E-state index in [0.717, 1.165) is 44.7 Å². The monoisotopic (exact) mass is 210 g/mol. The van der Waals surface area contributed by atoms with E-state index in [1.54, 1.807) is 0 Å². The molecule has 2 fully saturated rings. The Hall–Kier alpha value is -0.570. The second-order valence-corrected chi connectivity index (χ2v) is 5.59. The molecule has 3 nitrogen and oxygen atoms in total. The van der Waals surface area contributed by atoms with Gasteiger partial charge in [0.2, 0.25) is 5.91 Å². The Bertz CT molecular complexity index is 240. The van der Waals surface area contributed by atoms with Crippen molar-refractivity contribution in [2.75, 3.05) is 13.1 Å². The first kappa shape index (κ1) is 10.9. The van der Waals surface area contributed by atoms with Crippen molar-refractivity contribution in [3.8, 4) is 0 Å². The number of carbonyl (C=O) groups is 1. The van der Waals surface area contributed by atoms with Crippen LogP contribution in [0.4, 0.5) is 0 Å². The summed E-state index contributed by atoms with van der Waals surface area (Å²) >= 11 is 0. The summed E-state index contributed by atoms with van der Waals surface area (Å²) in [7, 11) is 0. The minimum atomic E-state index is -0.170. The summed E-state index contributed by atoms with van der Waals surface area (Å²) in [6, 6.07) is 0.450. The summed E-state index contributed by atoms with van der Waals surface area (Å²) in [6.45, 7) is 6.22. The minimum absolute atomic E-state index is 0.170. The Morgan fingerprint density at radius 3 is 2.73 bits per heavy atom. The summed E-state index contributed by atoms with van der Waals surface area (Å²) in [5, 5.41) is 6.49. The van der Waals surface area contributed by atoms with E-state index in [0.29, 0.717) is 6.04 Å². The van der Waals surface area contributed by atoms with Crippen molar-refractivity contribution in [1.82, 2.24) is 10.6 Å². The fourth-order valence-electron chi connectivity index (χ4n) is 2.63. The van der Waals surface area contributed by atoms with E-state index in [2.05, 4.69) is 24.5 Å². The standard InChI is InChI=1S/C12H22N2O/c1-9-6-10(7-9)14-11(15)12(2)4-3-5-13-8-12/h9-10,13H,3-8H2,1-2H3,(H,14,15). The van der Waals surface area contributed by atoms with Gasteiger partial charge in [0.15, 0.2) is 0 Å². The highest BCUT2D eigenvalue weighted by Gasteiger charge is 2.37. The summed E-state index contributed by atoms with van der Waals surface area (Å²) in [4.78, 5) is 12.1. The van der Waals surface area contributed by atoms with Crippen LogP contribution in [0.1, 0.15) is 39.5 Å². The van der Waals surface area contributed by atoms with Gasteiger partial charge in [0.25, 0.3) is 0 Å². The molecule has 2 N–H and O–H groups in total. The predicted octanol–water partition coefficient (Wildman–Crippen LogP) is 1.29. The molecule has 1 aliphatic carbocycles. The molecule has 1 aliphatic heterocycles. The summed E-state index contributed by atoms with van der Waals surface area (Å²) in [5.41, 5.74) is -0.170. The molecule has 15 heavy (non-hydrogen) atoms. The van der Waals surface area contributed by atoms with Gasteiger partial charge in [0.1, 0.15) is 0 Å². The van der Waals surface area contributed by atoms with Gasteiger partial charge < -0.3 is 10.6 Å². The number of amides is 1. The topological polar surface area (TPSA) is 41.1 Å². The van der Waals surface area contributed by atoms with Crippen molar-refractivity contribution in [2.45, 2.75) is 45.6 Å². The van der Waals surface area contributed by atoms with Gasteiger partial charge in [-0.3, -0.25) is 4.79 Å². The largest absolute Gasteiger partial charge is 0.353 e. The number of piperidine rings is 1. The molecule has 0 bridgehead atoms. The lowest BCUT2D eigenvalue weighted by Crippen LogP contribution is -2.53. The van der Waals surface area contributed by atoms with Crippen LogP contribution in [0.2, 0.25) is 0 Å². The van der Waals surface area contributed by atoms with E-state index in [1.165, 1.54) is 0 Å². The number of carbonyl (C=O) groups excluding carboxylic acids is 1. The molecular weight excluding hydrogens is 188 g/mol. The zero-order valence-corrected chi connectivity index (χ0v) is 9.81. The maximum Gasteiger partial charge on any atom is 0.227 e. The fraction of sp³-hybridized carbons (Fsp3) is 0.917. The lowest BCUT2D eigenvalue weighted by molar-refractivity contribution is -0.132. The average molecular weight is 210 g/mol.